The number of nitrogens with two attached hydrogens (primary N) is 1. The number of benzene rings is 1. The Morgan fingerprint density at radius 3 is 2.33 bits per heavy atom. The zero-order chi connectivity index (χ0) is 19.6. The Morgan fingerprint density at radius 2 is 1.74 bits per heavy atom. The normalized spacial score (nSPS) is 19.8. The van der Waals surface area contributed by atoms with Crippen molar-refractivity contribution in [3.8, 4) is 0 Å². The molecule has 0 saturated carbocycles. The highest BCUT2D eigenvalue weighted by Gasteiger charge is 2.30. The summed E-state index contributed by atoms with van der Waals surface area (Å²) in [6.07, 6.45) is 1.07. The quantitative estimate of drug-likeness (QED) is 0.791. The van der Waals surface area contributed by atoms with Crippen molar-refractivity contribution in [3.63, 3.8) is 0 Å². The number of hydrogen-bond acceptors (Lipinski definition) is 5. The fraction of sp³-hybridized carbons (Fsp3) is 0.556. The maximum Gasteiger partial charge on any atom is 0.253 e. The highest BCUT2D eigenvalue weighted by molar-refractivity contribution is 7.89. The van der Waals surface area contributed by atoms with Gasteiger partial charge >= 0.3 is 0 Å². The van der Waals surface area contributed by atoms with E-state index < -0.39 is 10.0 Å². The Morgan fingerprint density at radius 1 is 1.11 bits per heavy atom. The Balaban J connectivity index is 1.81. The van der Waals surface area contributed by atoms with Crippen molar-refractivity contribution >= 4 is 21.8 Å². The number of carbonyl (C=O) groups excluding carboxylic acids is 2. The van der Waals surface area contributed by atoms with Gasteiger partial charge in [0.15, 0.2) is 0 Å². The molecule has 0 aromatic heterocycles. The van der Waals surface area contributed by atoms with Gasteiger partial charge in [0.25, 0.3) is 5.91 Å². The number of ether oxygens (including phenoxy) is 1. The summed E-state index contributed by atoms with van der Waals surface area (Å²) in [4.78, 5) is 25.9. The molecule has 2 N–H and O–H groups in total. The molecule has 27 heavy (non-hydrogen) atoms. The summed E-state index contributed by atoms with van der Waals surface area (Å²) in [7, 11) is -3.68. The number of rotatable bonds is 4. The van der Waals surface area contributed by atoms with Crippen molar-refractivity contribution in [3.05, 3.63) is 29.3 Å². The number of primary amides is 1. The minimum absolute atomic E-state index is 0.155. The Kier molecular flexibility index (Phi) is 5.83. The van der Waals surface area contributed by atoms with Crippen LogP contribution in [0.4, 0.5) is 0 Å². The van der Waals surface area contributed by atoms with E-state index in [-0.39, 0.29) is 22.6 Å². The molecule has 8 nitrogen and oxygen atoms in total. The van der Waals surface area contributed by atoms with E-state index >= 15 is 0 Å². The van der Waals surface area contributed by atoms with Crippen LogP contribution in [0.5, 0.6) is 0 Å². The first kappa shape index (κ1) is 19.8. The minimum Gasteiger partial charge on any atom is -0.379 e. The van der Waals surface area contributed by atoms with Gasteiger partial charge in [0, 0.05) is 37.7 Å². The molecular formula is C18H25N3O5S. The molecule has 0 radical (unpaired) electrons. The van der Waals surface area contributed by atoms with Crippen molar-refractivity contribution in [1.29, 1.82) is 0 Å². The van der Waals surface area contributed by atoms with Gasteiger partial charge in [-0.05, 0) is 37.5 Å². The highest BCUT2D eigenvalue weighted by atomic mass is 32.2. The molecule has 3 rings (SSSR count). The fourth-order valence-corrected chi connectivity index (χ4v) is 5.15. The summed E-state index contributed by atoms with van der Waals surface area (Å²) in [6.45, 7) is 3.94. The maximum absolute atomic E-state index is 13.0. The summed E-state index contributed by atoms with van der Waals surface area (Å²) in [6, 6.07) is 4.77. The van der Waals surface area contributed by atoms with Crippen molar-refractivity contribution in [2.45, 2.75) is 24.7 Å². The smallest absolute Gasteiger partial charge is 0.253 e. The molecule has 2 fully saturated rings. The largest absolute Gasteiger partial charge is 0.379 e. The van der Waals surface area contributed by atoms with Gasteiger partial charge in [-0.1, -0.05) is 6.07 Å². The molecule has 0 aliphatic carbocycles. The van der Waals surface area contributed by atoms with Crippen molar-refractivity contribution in [2.75, 3.05) is 39.4 Å². The number of amides is 2. The van der Waals surface area contributed by atoms with Crippen molar-refractivity contribution < 1.29 is 22.7 Å². The molecule has 1 aromatic carbocycles. The van der Waals surface area contributed by atoms with E-state index in [0.29, 0.717) is 63.4 Å². The average molecular weight is 395 g/mol. The van der Waals surface area contributed by atoms with Crippen LogP contribution in [-0.4, -0.2) is 68.8 Å². The molecule has 2 amide bonds. The summed E-state index contributed by atoms with van der Waals surface area (Å²) in [5, 5.41) is 0. The third kappa shape index (κ3) is 4.15. The van der Waals surface area contributed by atoms with Crippen LogP contribution in [0.3, 0.4) is 0 Å². The maximum atomic E-state index is 13.0. The second-order valence-corrected chi connectivity index (χ2v) is 8.87. The molecule has 0 spiro atoms. The molecule has 1 aromatic rings. The van der Waals surface area contributed by atoms with Crippen molar-refractivity contribution in [1.82, 2.24) is 9.21 Å². The molecular weight excluding hydrogens is 370 g/mol. The van der Waals surface area contributed by atoms with Crippen molar-refractivity contribution in [2.24, 2.45) is 11.7 Å². The highest BCUT2D eigenvalue weighted by Crippen LogP contribution is 2.24. The molecule has 2 heterocycles. The second-order valence-electron chi connectivity index (χ2n) is 6.97. The van der Waals surface area contributed by atoms with Crippen LogP contribution in [0.2, 0.25) is 0 Å². The van der Waals surface area contributed by atoms with Gasteiger partial charge in [-0.2, -0.15) is 4.31 Å². The molecule has 2 aliphatic rings. The number of likely N-dealkylation sites (tertiary alicyclic amines) is 1. The fourth-order valence-electron chi connectivity index (χ4n) is 3.49. The van der Waals surface area contributed by atoms with Gasteiger partial charge in [-0.3, -0.25) is 9.59 Å². The van der Waals surface area contributed by atoms with Crippen LogP contribution in [0.1, 0.15) is 28.8 Å². The van der Waals surface area contributed by atoms with Crippen LogP contribution in [0.25, 0.3) is 0 Å². The third-order valence-electron chi connectivity index (χ3n) is 5.21. The first-order valence-electron chi connectivity index (χ1n) is 9.08. The lowest BCUT2D eigenvalue weighted by Gasteiger charge is -2.31. The van der Waals surface area contributed by atoms with E-state index in [4.69, 9.17) is 10.5 Å². The number of morpholine rings is 1. The number of carbonyl (C=O) groups is 2. The van der Waals surface area contributed by atoms with Crippen LogP contribution in [0.15, 0.2) is 23.1 Å². The summed E-state index contributed by atoms with van der Waals surface area (Å²) >= 11 is 0. The van der Waals surface area contributed by atoms with E-state index in [1.165, 1.54) is 10.4 Å². The Labute approximate surface area is 159 Å². The van der Waals surface area contributed by atoms with E-state index in [2.05, 4.69) is 0 Å². The summed E-state index contributed by atoms with van der Waals surface area (Å²) < 4.78 is 32.6. The van der Waals surface area contributed by atoms with Gasteiger partial charge in [0.2, 0.25) is 15.9 Å². The molecule has 0 bridgehead atoms. The zero-order valence-electron chi connectivity index (χ0n) is 15.4. The van der Waals surface area contributed by atoms with E-state index in [9.17, 15) is 18.0 Å². The minimum atomic E-state index is -3.68. The van der Waals surface area contributed by atoms with E-state index in [1.807, 2.05) is 0 Å². The van der Waals surface area contributed by atoms with E-state index in [0.717, 1.165) is 0 Å². The molecule has 2 saturated heterocycles. The molecule has 9 heteroatoms. The van der Waals surface area contributed by atoms with Crippen LogP contribution >= 0.6 is 0 Å². The van der Waals surface area contributed by atoms with Crippen LogP contribution in [0, 0.1) is 12.8 Å². The number of hydrogen-bond donors (Lipinski definition) is 1. The van der Waals surface area contributed by atoms with Gasteiger partial charge in [0.1, 0.15) is 0 Å². The number of sulfonamides is 1. The van der Waals surface area contributed by atoms with Gasteiger partial charge in [-0.25, -0.2) is 8.42 Å². The molecule has 2 aliphatic heterocycles. The lowest BCUT2D eigenvalue weighted by Crippen LogP contribution is -2.42. The molecule has 0 unspecified atom stereocenters. The lowest BCUT2D eigenvalue weighted by molar-refractivity contribution is -0.123. The summed E-state index contributed by atoms with van der Waals surface area (Å²) in [5.41, 5.74) is 6.27. The standard InChI is InChI=1S/C18H25N3O5S/c1-13-2-3-15(18(23)20-6-4-14(5-7-20)17(19)22)12-16(13)27(24,25)21-8-10-26-11-9-21/h2-3,12,14H,4-11H2,1H3,(H2,19,22). The van der Waals surface area contributed by atoms with Gasteiger partial charge in [0.05, 0.1) is 18.1 Å². The SMILES string of the molecule is Cc1ccc(C(=O)N2CCC(C(N)=O)CC2)cc1S(=O)(=O)N1CCOCC1. The number of aryl methyl sites for hydroxylation is 1. The number of nitrogens with zero attached hydrogens (tertiary/aromatic N) is 2. The lowest BCUT2D eigenvalue weighted by atomic mass is 9.96. The summed E-state index contributed by atoms with van der Waals surface area (Å²) in [5.74, 6) is -0.767. The Hall–Kier alpha value is -1.97. The topological polar surface area (TPSA) is 110 Å². The first-order valence-corrected chi connectivity index (χ1v) is 10.5. The predicted molar refractivity (Wildman–Crippen MR) is 98.6 cm³/mol. The zero-order valence-corrected chi connectivity index (χ0v) is 16.2. The third-order valence-corrected chi connectivity index (χ3v) is 7.25. The van der Waals surface area contributed by atoms with E-state index in [1.54, 1.807) is 24.0 Å². The first-order chi connectivity index (χ1) is 12.8. The van der Waals surface area contributed by atoms with Crippen LogP contribution < -0.4 is 5.73 Å². The van der Waals surface area contributed by atoms with Gasteiger partial charge in [-0.15, -0.1) is 0 Å². The molecule has 0 atom stereocenters. The second kappa shape index (κ2) is 7.95. The van der Waals surface area contributed by atoms with Crippen LogP contribution in [-0.2, 0) is 19.6 Å². The monoisotopic (exact) mass is 395 g/mol. The predicted octanol–water partition coefficient (Wildman–Crippen LogP) is 0.353. The van der Waals surface area contributed by atoms with Gasteiger partial charge < -0.3 is 15.4 Å². The molecule has 148 valence electrons. The Bertz CT molecular complexity index is 825. The number of piperidine rings is 1. The average Bonchev–Trinajstić information content (AvgIpc) is 2.68.